The van der Waals surface area contributed by atoms with Gasteiger partial charge in [-0.3, -0.25) is 10.1 Å². The van der Waals surface area contributed by atoms with Crippen LogP contribution in [-0.2, 0) is 12.0 Å². The number of piperidine rings is 1. The van der Waals surface area contributed by atoms with E-state index in [0.717, 1.165) is 38.0 Å². The Morgan fingerprint density at radius 2 is 1.75 bits per heavy atom. The summed E-state index contributed by atoms with van der Waals surface area (Å²) in [6.07, 6.45) is 6.84. The molecule has 1 heterocycles. The number of fused-ring (bicyclic) bond motifs is 2. The number of nitrogens with one attached hydrogen (secondary N) is 1. The maximum absolute atomic E-state index is 11.2. The highest BCUT2D eigenvalue weighted by molar-refractivity contribution is 5.65. The smallest absolute Gasteiger partial charge is 0.278 e. The first-order valence-corrected chi connectivity index (χ1v) is 8.53. The molecule has 1 saturated heterocycles. The summed E-state index contributed by atoms with van der Waals surface area (Å²) in [6.45, 7) is 2.83. The fourth-order valence-corrected chi connectivity index (χ4v) is 4.21. The lowest BCUT2D eigenvalue weighted by Gasteiger charge is -2.37. The monoisotopic (exact) mass is 321 g/mol. The Bertz CT molecular complexity index is 805. The van der Waals surface area contributed by atoms with E-state index in [9.17, 15) is 10.1 Å². The molecule has 0 amide bonds. The molecule has 0 bridgehead atoms. The minimum absolute atomic E-state index is 0.183. The van der Waals surface area contributed by atoms with E-state index < -0.39 is 0 Å². The van der Waals surface area contributed by atoms with Crippen LogP contribution >= 0.6 is 0 Å². The van der Waals surface area contributed by atoms with E-state index >= 15 is 0 Å². The van der Waals surface area contributed by atoms with Gasteiger partial charge in [0.25, 0.3) is 5.69 Å². The molecule has 122 valence electrons. The second-order valence-corrected chi connectivity index (χ2v) is 6.89. The molecule has 1 spiro atoms. The van der Waals surface area contributed by atoms with Crippen LogP contribution in [0.2, 0.25) is 0 Å². The number of nitro groups is 1. The van der Waals surface area contributed by atoms with E-state index in [1.54, 1.807) is 12.1 Å². The van der Waals surface area contributed by atoms with Gasteiger partial charge in [-0.05, 0) is 17.2 Å². The van der Waals surface area contributed by atoms with Crippen molar-refractivity contribution in [1.29, 1.82) is 0 Å². The van der Waals surface area contributed by atoms with Gasteiger partial charge in [0.1, 0.15) is 6.54 Å². The second kappa shape index (κ2) is 5.87. The Kier molecular flexibility index (Phi) is 3.69. The molecule has 2 aliphatic rings. The molecule has 1 aliphatic carbocycles. The van der Waals surface area contributed by atoms with Crippen LogP contribution in [0.25, 0.3) is 6.08 Å². The molecule has 4 rings (SSSR count). The first-order chi connectivity index (χ1) is 11.7. The minimum Gasteiger partial charge on any atom is -0.331 e. The lowest BCUT2D eigenvalue weighted by Crippen LogP contribution is -3.12. The van der Waals surface area contributed by atoms with Gasteiger partial charge in [-0.2, -0.15) is 0 Å². The SMILES string of the molecule is O=[N+]([O-])c1ccccc1C[NH+]1CCC2(C=Cc3ccccc32)CC1. The van der Waals surface area contributed by atoms with E-state index in [2.05, 4.69) is 36.4 Å². The van der Waals surface area contributed by atoms with Gasteiger partial charge in [0.15, 0.2) is 0 Å². The maximum Gasteiger partial charge on any atom is 0.278 e. The highest BCUT2D eigenvalue weighted by atomic mass is 16.6. The summed E-state index contributed by atoms with van der Waals surface area (Å²) in [5.41, 5.74) is 4.07. The van der Waals surface area contributed by atoms with Crippen LogP contribution < -0.4 is 4.90 Å². The van der Waals surface area contributed by atoms with Gasteiger partial charge >= 0.3 is 0 Å². The van der Waals surface area contributed by atoms with Crippen molar-refractivity contribution in [2.24, 2.45) is 0 Å². The molecule has 2 aromatic carbocycles. The van der Waals surface area contributed by atoms with Crippen LogP contribution in [-0.4, -0.2) is 18.0 Å². The van der Waals surface area contributed by atoms with Crippen molar-refractivity contribution in [3.8, 4) is 0 Å². The first kappa shape index (κ1) is 15.1. The van der Waals surface area contributed by atoms with Crippen LogP contribution in [0.1, 0.15) is 29.5 Å². The number of hydrogen-bond donors (Lipinski definition) is 1. The Labute approximate surface area is 141 Å². The number of likely N-dealkylation sites (tertiary alicyclic amines) is 1. The van der Waals surface area contributed by atoms with Gasteiger partial charge in [0.2, 0.25) is 0 Å². The molecule has 1 aliphatic heterocycles. The van der Waals surface area contributed by atoms with E-state index in [1.807, 2.05) is 12.1 Å². The highest BCUT2D eigenvalue weighted by Crippen LogP contribution is 2.41. The normalized spacial score (nSPS) is 24.9. The zero-order chi connectivity index (χ0) is 16.6. The van der Waals surface area contributed by atoms with Crippen LogP contribution in [0.15, 0.2) is 54.6 Å². The molecule has 4 nitrogen and oxygen atoms in total. The van der Waals surface area contributed by atoms with Crippen molar-refractivity contribution in [3.63, 3.8) is 0 Å². The number of hydrogen-bond acceptors (Lipinski definition) is 2. The van der Waals surface area contributed by atoms with Gasteiger partial charge in [-0.25, -0.2) is 0 Å². The summed E-state index contributed by atoms with van der Waals surface area (Å²) in [5.74, 6) is 0. The van der Waals surface area contributed by atoms with Gasteiger partial charge < -0.3 is 4.90 Å². The molecule has 1 N–H and O–H groups in total. The van der Waals surface area contributed by atoms with Crippen molar-refractivity contribution in [2.45, 2.75) is 24.8 Å². The zero-order valence-electron chi connectivity index (χ0n) is 13.6. The molecule has 0 unspecified atom stereocenters. The Balaban J connectivity index is 1.48. The van der Waals surface area contributed by atoms with Crippen molar-refractivity contribution in [2.75, 3.05) is 13.1 Å². The number of quaternary nitrogens is 1. The summed E-state index contributed by atoms with van der Waals surface area (Å²) < 4.78 is 0. The van der Waals surface area contributed by atoms with Crippen LogP contribution in [0.4, 0.5) is 5.69 Å². The third kappa shape index (κ3) is 2.53. The molecular formula is C20H21N2O2+. The van der Waals surface area contributed by atoms with E-state index in [-0.39, 0.29) is 16.0 Å². The summed E-state index contributed by atoms with van der Waals surface area (Å²) in [7, 11) is 0. The number of para-hydroxylation sites is 1. The third-order valence-electron chi connectivity index (χ3n) is 5.56. The number of allylic oxidation sites excluding steroid dienone is 1. The first-order valence-electron chi connectivity index (χ1n) is 8.53. The zero-order valence-corrected chi connectivity index (χ0v) is 13.6. The largest absolute Gasteiger partial charge is 0.331 e. The number of benzene rings is 2. The average Bonchev–Trinajstić information content (AvgIpc) is 2.96. The third-order valence-corrected chi connectivity index (χ3v) is 5.56. The molecule has 0 saturated carbocycles. The van der Waals surface area contributed by atoms with Gasteiger partial charge in [-0.15, -0.1) is 0 Å². The minimum atomic E-state index is -0.268. The Hall–Kier alpha value is -2.46. The van der Waals surface area contributed by atoms with E-state index in [0.29, 0.717) is 0 Å². The van der Waals surface area contributed by atoms with Crippen molar-refractivity contribution in [3.05, 3.63) is 81.4 Å². The molecule has 4 heteroatoms. The van der Waals surface area contributed by atoms with Crippen molar-refractivity contribution in [1.82, 2.24) is 0 Å². The van der Waals surface area contributed by atoms with Crippen molar-refractivity contribution < 1.29 is 9.82 Å². The lowest BCUT2D eigenvalue weighted by atomic mass is 9.74. The molecule has 0 atom stereocenters. The van der Waals surface area contributed by atoms with Gasteiger partial charge in [-0.1, -0.05) is 48.6 Å². The molecule has 24 heavy (non-hydrogen) atoms. The topological polar surface area (TPSA) is 47.6 Å². The van der Waals surface area contributed by atoms with Gasteiger partial charge in [0.05, 0.1) is 23.6 Å². The molecular weight excluding hydrogens is 300 g/mol. The van der Waals surface area contributed by atoms with E-state index in [1.165, 1.54) is 16.0 Å². The van der Waals surface area contributed by atoms with Crippen LogP contribution in [0.5, 0.6) is 0 Å². The molecule has 0 radical (unpaired) electrons. The number of nitro benzene ring substituents is 1. The standard InChI is InChI=1S/C20H20N2O2/c23-22(24)19-8-4-2-6-17(19)15-21-13-11-20(12-14-21)10-9-16-5-1-3-7-18(16)20/h1-10H,11-15H2/p+1. The summed E-state index contributed by atoms with van der Waals surface area (Å²) in [4.78, 5) is 12.4. The fraction of sp³-hybridized carbons (Fsp3) is 0.300. The Morgan fingerprint density at radius 3 is 2.54 bits per heavy atom. The quantitative estimate of drug-likeness (QED) is 0.698. The highest BCUT2D eigenvalue weighted by Gasteiger charge is 2.39. The van der Waals surface area contributed by atoms with E-state index in [4.69, 9.17) is 0 Å². The number of nitrogens with zero attached hydrogens (tertiary/aromatic N) is 1. The molecule has 0 aromatic heterocycles. The number of rotatable bonds is 3. The summed E-state index contributed by atoms with van der Waals surface area (Å²) in [6, 6.07) is 15.8. The predicted molar refractivity (Wildman–Crippen MR) is 93.9 cm³/mol. The maximum atomic E-state index is 11.2. The predicted octanol–water partition coefficient (Wildman–Crippen LogP) is 2.74. The second-order valence-electron chi connectivity index (χ2n) is 6.89. The van der Waals surface area contributed by atoms with Crippen molar-refractivity contribution >= 4 is 11.8 Å². The Morgan fingerprint density at radius 1 is 1.04 bits per heavy atom. The molecule has 1 fully saturated rings. The lowest BCUT2D eigenvalue weighted by molar-refractivity contribution is -0.920. The summed E-state index contributed by atoms with van der Waals surface area (Å²) >= 11 is 0. The fourth-order valence-electron chi connectivity index (χ4n) is 4.21. The summed E-state index contributed by atoms with van der Waals surface area (Å²) in [5, 5.41) is 11.2. The molecule has 2 aromatic rings. The van der Waals surface area contributed by atoms with Crippen LogP contribution in [0, 0.1) is 10.1 Å². The average molecular weight is 321 g/mol. The van der Waals surface area contributed by atoms with Gasteiger partial charge in [0, 0.05) is 24.3 Å². The van der Waals surface area contributed by atoms with Crippen LogP contribution in [0.3, 0.4) is 0 Å².